The Morgan fingerprint density at radius 2 is 1.66 bits per heavy atom. The fraction of sp³-hybridized carbons (Fsp3) is 0.240. The van der Waals surface area contributed by atoms with Crippen LogP contribution in [0.5, 0.6) is 0 Å². The first kappa shape index (κ1) is 21.5. The van der Waals surface area contributed by atoms with Crippen LogP contribution in [0.4, 0.5) is 11.4 Å². The van der Waals surface area contributed by atoms with E-state index in [2.05, 4.69) is 5.32 Å². The summed E-state index contributed by atoms with van der Waals surface area (Å²) in [6.45, 7) is 4.21. The van der Waals surface area contributed by atoms with E-state index in [0.29, 0.717) is 32.0 Å². The van der Waals surface area contributed by atoms with Crippen molar-refractivity contribution in [2.75, 3.05) is 31.2 Å². The molecule has 1 atom stereocenters. The molecule has 0 saturated carbocycles. The predicted molar refractivity (Wildman–Crippen MR) is 123 cm³/mol. The molecule has 0 aliphatic carbocycles. The molecule has 7 heteroatoms. The maximum absolute atomic E-state index is 13.2. The van der Waals surface area contributed by atoms with Crippen molar-refractivity contribution in [3.05, 3.63) is 105 Å². The molecule has 1 aliphatic rings. The molecule has 3 aromatic rings. The van der Waals surface area contributed by atoms with Gasteiger partial charge in [-0.05, 0) is 30.2 Å². The van der Waals surface area contributed by atoms with Gasteiger partial charge in [0, 0.05) is 24.7 Å². The molecule has 1 unspecified atom stereocenters. The van der Waals surface area contributed by atoms with Crippen LogP contribution in [0.3, 0.4) is 0 Å². The average Bonchev–Trinajstić information content (AvgIpc) is 2.84. The fourth-order valence-corrected chi connectivity index (χ4v) is 3.86. The van der Waals surface area contributed by atoms with E-state index in [-0.39, 0.29) is 23.2 Å². The Labute approximate surface area is 186 Å². The Bertz CT molecular complexity index is 1090. The first-order valence-electron chi connectivity index (χ1n) is 10.6. The number of nitro groups is 1. The number of hydrogen-bond donors (Lipinski definition) is 1. The van der Waals surface area contributed by atoms with Crippen molar-refractivity contribution in [3.8, 4) is 0 Å². The second-order valence-corrected chi connectivity index (χ2v) is 7.79. The summed E-state index contributed by atoms with van der Waals surface area (Å²) in [7, 11) is 0. The van der Waals surface area contributed by atoms with Crippen LogP contribution in [0.2, 0.25) is 0 Å². The van der Waals surface area contributed by atoms with Gasteiger partial charge in [-0.2, -0.15) is 0 Å². The number of amides is 1. The molecular weight excluding hydrogens is 406 g/mol. The first-order chi connectivity index (χ1) is 15.5. The van der Waals surface area contributed by atoms with Crippen LogP contribution in [0.15, 0.2) is 72.8 Å². The van der Waals surface area contributed by atoms with Crippen molar-refractivity contribution in [1.29, 1.82) is 0 Å². The number of carbonyl (C=O) groups excluding carboxylic acids is 1. The third-order valence-corrected chi connectivity index (χ3v) is 5.61. The van der Waals surface area contributed by atoms with Crippen molar-refractivity contribution >= 4 is 17.3 Å². The SMILES string of the molecule is Cc1ccc(C(NC(=O)c2ccc(N3CCOCC3)c([N+](=O)[O-])c2)c2ccccc2)cc1. The number of morpholine rings is 1. The van der Waals surface area contributed by atoms with E-state index < -0.39 is 4.92 Å². The Hall–Kier alpha value is -3.71. The maximum atomic E-state index is 13.2. The highest BCUT2D eigenvalue weighted by Crippen LogP contribution is 2.30. The first-order valence-corrected chi connectivity index (χ1v) is 10.6. The zero-order chi connectivity index (χ0) is 22.5. The molecule has 1 amide bonds. The molecule has 1 fully saturated rings. The van der Waals surface area contributed by atoms with Crippen molar-refractivity contribution < 1.29 is 14.5 Å². The molecule has 0 aromatic heterocycles. The van der Waals surface area contributed by atoms with Crippen LogP contribution in [0.1, 0.15) is 33.1 Å². The van der Waals surface area contributed by atoms with E-state index in [9.17, 15) is 14.9 Å². The maximum Gasteiger partial charge on any atom is 0.293 e. The van der Waals surface area contributed by atoms with Crippen LogP contribution >= 0.6 is 0 Å². The minimum atomic E-state index is -0.434. The molecule has 0 radical (unpaired) electrons. The summed E-state index contributed by atoms with van der Waals surface area (Å²) in [5.41, 5.74) is 3.68. The van der Waals surface area contributed by atoms with Gasteiger partial charge in [-0.3, -0.25) is 14.9 Å². The second kappa shape index (κ2) is 9.62. The third kappa shape index (κ3) is 4.78. The Morgan fingerprint density at radius 1 is 1.00 bits per heavy atom. The van der Waals surface area contributed by atoms with Gasteiger partial charge < -0.3 is 15.0 Å². The molecule has 0 bridgehead atoms. The van der Waals surface area contributed by atoms with Gasteiger partial charge in [0.25, 0.3) is 11.6 Å². The minimum absolute atomic E-state index is 0.0776. The topological polar surface area (TPSA) is 84.7 Å². The lowest BCUT2D eigenvalue weighted by molar-refractivity contribution is -0.384. The quantitative estimate of drug-likeness (QED) is 0.466. The number of benzene rings is 3. The fourth-order valence-electron chi connectivity index (χ4n) is 3.86. The normalized spacial score (nSPS) is 14.6. The molecule has 1 heterocycles. The number of nitrogens with zero attached hydrogens (tertiary/aromatic N) is 2. The molecule has 32 heavy (non-hydrogen) atoms. The lowest BCUT2D eigenvalue weighted by Crippen LogP contribution is -2.36. The highest BCUT2D eigenvalue weighted by atomic mass is 16.6. The number of ether oxygens (including phenoxy) is 1. The average molecular weight is 431 g/mol. The zero-order valence-corrected chi connectivity index (χ0v) is 17.9. The molecule has 3 aromatic carbocycles. The van der Waals surface area contributed by atoms with Crippen molar-refractivity contribution in [2.45, 2.75) is 13.0 Å². The summed E-state index contributed by atoms with van der Waals surface area (Å²) in [6.07, 6.45) is 0. The second-order valence-electron chi connectivity index (χ2n) is 7.79. The summed E-state index contributed by atoms with van der Waals surface area (Å²) in [5, 5.41) is 14.8. The molecule has 7 nitrogen and oxygen atoms in total. The predicted octanol–water partition coefficient (Wildman–Crippen LogP) is 4.26. The van der Waals surface area contributed by atoms with Crippen molar-refractivity contribution in [1.82, 2.24) is 5.32 Å². The molecule has 1 aliphatic heterocycles. The molecule has 164 valence electrons. The number of hydrogen-bond acceptors (Lipinski definition) is 5. The molecule has 1 saturated heterocycles. The zero-order valence-electron chi connectivity index (χ0n) is 17.9. The molecule has 1 N–H and O–H groups in total. The molecular formula is C25H25N3O4. The highest BCUT2D eigenvalue weighted by Gasteiger charge is 2.25. The summed E-state index contributed by atoms with van der Waals surface area (Å²) >= 11 is 0. The number of rotatable bonds is 6. The van der Waals surface area contributed by atoms with Crippen LogP contribution in [0, 0.1) is 17.0 Å². The smallest absolute Gasteiger partial charge is 0.293 e. The van der Waals surface area contributed by atoms with E-state index >= 15 is 0 Å². The van der Waals surface area contributed by atoms with Gasteiger partial charge in [0.2, 0.25) is 0 Å². The van der Waals surface area contributed by atoms with Gasteiger partial charge in [0.1, 0.15) is 5.69 Å². The molecule has 0 spiro atoms. The van der Waals surface area contributed by atoms with Gasteiger partial charge >= 0.3 is 0 Å². The van der Waals surface area contributed by atoms with Crippen LogP contribution in [0.25, 0.3) is 0 Å². The van der Waals surface area contributed by atoms with Gasteiger partial charge in [0.05, 0.1) is 24.2 Å². The summed E-state index contributed by atoms with van der Waals surface area (Å²) in [4.78, 5) is 26.4. The highest BCUT2D eigenvalue weighted by molar-refractivity contribution is 5.96. The van der Waals surface area contributed by atoms with E-state index in [0.717, 1.165) is 16.7 Å². The Kier molecular flexibility index (Phi) is 6.47. The number of nitro benzene ring substituents is 1. The largest absolute Gasteiger partial charge is 0.378 e. The minimum Gasteiger partial charge on any atom is -0.378 e. The van der Waals surface area contributed by atoms with E-state index in [1.165, 1.54) is 6.07 Å². The van der Waals surface area contributed by atoms with Gasteiger partial charge in [0.15, 0.2) is 0 Å². The van der Waals surface area contributed by atoms with Gasteiger partial charge in [-0.15, -0.1) is 0 Å². The molecule has 4 rings (SSSR count). The van der Waals surface area contributed by atoms with E-state index in [1.807, 2.05) is 66.4 Å². The van der Waals surface area contributed by atoms with Crippen LogP contribution in [-0.2, 0) is 4.74 Å². The third-order valence-electron chi connectivity index (χ3n) is 5.61. The van der Waals surface area contributed by atoms with E-state index in [4.69, 9.17) is 4.74 Å². The monoisotopic (exact) mass is 431 g/mol. The number of anilines is 1. The summed E-state index contributed by atoms with van der Waals surface area (Å²) in [5.74, 6) is -0.365. The summed E-state index contributed by atoms with van der Waals surface area (Å²) < 4.78 is 5.34. The lowest BCUT2D eigenvalue weighted by atomic mass is 9.97. The number of aryl methyl sites for hydroxylation is 1. The van der Waals surface area contributed by atoms with Crippen LogP contribution in [-0.4, -0.2) is 37.1 Å². The van der Waals surface area contributed by atoms with Crippen LogP contribution < -0.4 is 10.2 Å². The lowest BCUT2D eigenvalue weighted by Gasteiger charge is -2.28. The van der Waals surface area contributed by atoms with Crippen molar-refractivity contribution in [3.63, 3.8) is 0 Å². The standard InChI is InChI=1S/C25H25N3O4/c1-18-7-9-20(10-8-18)24(19-5-3-2-4-6-19)26-25(29)21-11-12-22(23(17-21)28(30)31)27-13-15-32-16-14-27/h2-12,17,24H,13-16H2,1H3,(H,26,29). The Balaban J connectivity index is 1.64. The van der Waals surface area contributed by atoms with Gasteiger partial charge in [-0.25, -0.2) is 0 Å². The van der Waals surface area contributed by atoms with Crippen molar-refractivity contribution in [2.24, 2.45) is 0 Å². The summed E-state index contributed by atoms with van der Waals surface area (Å²) in [6, 6.07) is 21.9. The van der Waals surface area contributed by atoms with Gasteiger partial charge in [-0.1, -0.05) is 60.2 Å². The van der Waals surface area contributed by atoms with E-state index in [1.54, 1.807) is 12.1 Å². The Morgan fingerprint density at radius 3 is 2.31 bits per heavy atom. The number of carbonyl (C=O) groups is 1. The number of nitrogens with one attached hydrogen (secondary N) is 1.